The van der Waals surface area contributed by atoms with Gasteiger partial charge in [-0.25, -0.2) is 4.79 Å². The quantitative estimate of drug-likeness (QED) is 0.679. The molecule has 6 nitrogen and oxygen atoms in total. The predicted octanol–water partition coefficient (Wildman–Crippen LogP) is 3.86. The molecule has 1 heterocycles. The van der Waals surface area contributed by atoms with Gasteiger partial charge in [0.05, 0.1) is 0 Å². The molecule has 3 aromatic carbocycles. The minimum Gasteiger partial charge on any atom is -0.348 e. The molecular weight excluding hydrogens is 388 g/mol. The highest BCUT2D eigenvalue weighted by Gasteiger charge is 2.19. The minimum atomic E-state index is -0.152. The van der Waals surface area contributed by atoms with Gasteiger partial charge in [-0.2, -0.15) is 0 Å². The lowest BCUT2D eigenvalue weighted by Crippen LogP contribution is -2.48. The highest BCUT2D eigenvalue weighted by molar-refractivity contribution is 5.98. The van der Waals surface area contributed by atoms with E-state index in [1.807, 2.05) is 43.3 Å². The number of anilines is 1. The van der Waals surface area contributed by atoms with E-state index in [1.165, 1.54) is 0 Å². The number of nitrogens with zero attached hydrogens (tertiary/aromatic N) is 2. The molecule has 0 bridgehead atoms. The molecule has 1 aliphatic rings. The lowest BCUT2D eigenvalue weighted by atomic mass is 10.0. The number of aryl methyl sites for hydroxylation is 1. The molecule has 1 saturated heterocycles. The van der Waals surface area contributed by atoms with E-state index in [-0.39, 0.29) is 11.9 Å². The van der Waals surface area contributed by atoms with Crippen molar-refractivity contribution >= 4 is 28.4 Å². The van der Waals surface area contributed by atoms with Gasteiger partial charge in [-0.1, -0.05) is 48.5 Å². The minimum absolute atomic E-state index is 0.126. The summed E-state index contributed by atoms with van der Waals surface area (Å²) < 4.78 is 0. The average molecular weight is 417 g/mol. The summed E-state index contributed by atoms with van der Waals surface area (Å²) >= 11 is 0. The summed E-state index contributed by atoms with van der Waals surface area (Å²) in [6.07, 6.45) is 0. The van der Waals surface area contributed by atoms with Crippen LogP contribution in [-0.2, 0) is 6.54 Å². The Balaban J connectivity index is 1.44. The molecule has 4 rings (SSSR count). The van der Waals surface area contributed by atoms with Crippen molar-refractivity contribution in [1.29, 1.82) is 0 Å². The van der Waals surface area contributed by atoms with E-state index in [0.717, 1.165) is 35.0 Å². The number of carbonyl (C=O) groups is 2. The van der Waals surface area contributed by atoms with Crippen molar-refractivity contribution in [2.24, 2.45) is 0 Å². The molecule has 3 aromatic rings. The Kier molecular flexibility index (Phi) is 6.18. The predicted molar refractivity (Wildman–Crippen MR) is 124 cm³/mol. The molecule has 0 saturated carbocycles. The third kappa shape index (κ3) is 4.86. The van der Waals surface area contributed by atoms with Crippen molar-refractivity contribution in [2.75, 3.05) is 38.5 Å². The summed E-state index contributed by atoms with van der Waals surface area (Å²) in [5.74, 6) is -0.152. The van der Waals surface area contributed by atoms with E-state index in [1.54, 1.807) is 11.0 Å². The zero-order valence-electron chi connectivity index (χ0n) is 18.0. The Hall–Kier alpha value is -3.38. The van der Waals surface area contributed by atoms with Gasteiger partial charge in [-0.05, 0) is 48.0 Å². The fraction of sp³-hybridized carbons (Fsp3) is 0.280. The van der Waals surface area contributed by atoms with E-state index in [0.29, 0.717) is 30.9 Å². The third-order valence-corrected chi connectivity index (χ3v) is 5.84. The summed E-state index contributed by atoms with van der Waals surface area (Å²) in [5, 5.41) is 8.25. The number of carbonyl (C=O) groups excluding carboxylic acids is 2. The summed E-state index contributed by atoms with van der Waals surface area (Å²) in [7, 11) is 2.05. The van der Waals surface area contributed by atoms with Crippen LogP contribution >= 0.6 is 0 Å². The van der Waals surface area contributed by atoms with Crippen molar-refractivity contribution in [3.8, 4) is 0 Å². The molecule has 0 atom stereocenters. The highest BCUT2D eigenvalue weighted by Crippen LogP contribution is 2.20. The normalized spacial score (nSPS) is 14.5. The van der Waals surface area contributed by atoms with E-state index in [4.69, 9.17) is 0 Å². The van der Waals surface area contributed by atoms with E-state index in [2.05, 4.69) is 40.8 Å². The molecule has 0 spiro atoms. The number of urea groups is 1. The smallest absolute Gasteiger partial charge is 0.321 e. The second kappa shape index (κ2) is 9.18. The molecule has 2 N–H and O–H groups in total. The second-order valence-electron chi connectivity index (χ2n) is 8.07. The number of benzene rings is 3. The lowest BCUT2D eigenvalue weighted by molar-refractivity contribution is 0.0950. The Morgan fingerprint density at radius 3 is 2.48 bits per heavy atom. The molecule has 0 radical (unpaired) electrons. The first-order chi connectivity index (χ1) is 15.0. The van der Waals surface area contributed by atoms with Crippen LogP contribution in [0.25, 0.3) is 10.8 Å². The summed E-state index contributed by atoms with van der Waals surface area (Å²) in [5.41, 5.74) is 3.14. The average Bonchev–Trinajstić information content (AvgIpc) is 2.79. The number of rotatable bonds is 4. The van der Waals surface area contributed by atoms with Crippen molar-refractivity contribution in [3.05, 3.63) is 77.4 Å². The van der Waals surface area contributed by atoms with Gasteiger partial charge in [-0.3, -0.25) is 4.79 Å². The molecule has 0 unspecified atom stereocenters. The maximum absolute atomic E-state index is 12.9. The van der Waals surface area contributed by atoms with Crippen LogP contribution in [0.15, 0.2) is 60.7 Å². The molecular formula is C25H28N4O2. The summed E-state index contributed by atoms with van der Waals surface area (Å²) in [4.78, 5) is 29.5. The number of hydrogen-bond acceptors (Lipinski definition) is 3. The molecule has 0 aliphatic carbocycles. The van der Waals surface area contributed by atoms with Crippen molar-refractivity contribution in [2.45, 2.75) is 13.5 Å². The van der Waals surface area contributed by atoms with Gasteiger partial charge in [0, 0.05) is 44.0 Å². The molecule has 31 heavy (non-hydrogen) atoms. The number of fused-ring (bicyclic) bond motifs is 1. The fourth-order valence-electron chi connectivity index (χ4n) is 3.87. The van der Waals surface area contributed by atoms with Crippen molar-refractivity contribution in [3.63, 3.8) is 0 Å². The molecule has 1 aliphatic heterocycles. The van der Waals surface area contributed by atoms with Crippen LogP contribution in [0.2, 0.25) is 0 Å². The van der Waals surface area contributed by atoms with Crippen LogP contribution in [0.1, 0.15) is 21.5 Å². The SMILES string of the molecule is Cc1ccc(NC(=O)N2CCN(C)CC2)cc1C(=O)NCc1cccc2ccccc12. The largest absolute Gasteiger partial charge is 0.348 e. The second-order valence-corrected chi connectivity index (χ2v) is 8.07. The molecule has 6 heteroatoms. The van der Waals surface area contributed by atoms with Gasteiger partial charge in [0.25, 0.3) is 5.91 Å². The van der Waals surface area contributed by atoms with Gasteiger partial charge >= 0.3 is 6.03 Å². The Morgan fingerprint density at radius 1 is 0.935 bits per heavy atom. The van der Waals surface area contributed by atoms with Crippen LogP contribution in [0, 0.1) is 6.92 Å². The lowest BCUT2D eigenvalue weighted by Gasteiger charge is -2.32. The Bertz CT molecular complexity index is 1100. The highest BCUT2D eigenvalue weighted by atomic mass is 16.2. The Morgan fingerprint density at radius 2 is 1.68 bits per heavy atom. The third-order valence-electron chi connectivity index (χ3n) is 5.84. The van der Waals surface area contributed by atoms with Crippen LogP contribution in [-0.4, -0.2) is 55.0 Å². The van der Waals surface area contributed by atoms with Gasteiger partial charge in [0.2, 0.25) is 0 Å². The van der Waals surface area contributed by atoms with Crippen LogP contribution in [0.5, 0.6) is 0 Å². The van der Waals surface area contributed by atoms with Crippen molar-refractivity contribution < 1.29 is 9.59 Å². The topological polar surface area (TPSA) is 64.7 Å². The number of likely N-dealkylation sites (N-methyl/N-ethyl adjacent to an activating group) is 1. The number of amides is 3. The van der Waals surface area contributed by atoms with E-state index < -0.39 is 0 Å². The first-order valence-corrected chi connectivity index (χ1v) is 10.6. The Labute approximate surface area is 182 Å². The van der Waals surface area contributed by atoms with Gasteiger partial charge in [-0.15, -0.1) is 0 Å². The molecule has 3 amide bonds. The summed E-state index contributed by atoms with van der Waals surface area (Å²) in [6.45, 7) is 5.47. The first-order valence-electron chi connectivity index (χ1n) is 10.6. The van der Waals surface area contributed by atoms with E-state index >= 15 is 0 Å². The van der Waals surface area contributed by atoms with E-state index in [9.17, 15) is 9.59 Å². The molecule has 160 valence electrons. The van der Waals surface area contributed by atoms with Crippen molar-refractivity contribution in [1.82, 2.24) is 15.1 Å². The maximum Gasteiger partial charge on any atom is 0.321 e. The standard InChI is InChI=1S/C25H28N4O2/c1-18-10-11-21(27-25(31)29-14-12-28(2)13-15-29)16-23(18)24(30)26-17-20-8-5-7-19-6-3-4-9-22(19)20/h3-11,16H,12-15,17H2,1-2H3,(H,26,30)(H,27,31). The monoisotopic (exact) mass is 416 g/mol. The molecule has 1 fully saturated rings. The van der Waals surface area contributed by atoms with Crippen LogP contribution in [0.3, 0.4) is 0 Å². The zero-order valence-corrected chi connectivity index (χ0v) is 18.0. The first kappa shape index (κ1) is 20.9. The number of piperazine rings is 1. The maximum atomic E-state index is 12.9. The van der Waals surface area contributed by atoms with Crippen LogP contribution < -0.4 is 10.6 Å². The van der Waals surface area contributed by atoms with Gasteiger partial charge in [0.15, 0.2) is 0 Å². The number of nitrogens with one attached hydrogen (secondary N) is 2. The fourth-order valence-corrected chi connectivity index (χ4v) is 3.87. The summed E-state index contributed by atoms with van der Waals surface area (Å²) in [6, 6.07) is 19.6. The van der Waals surface area contributed by atoms with Crippen LogP contribution in [0.4, 0.5) is 10.5 Å². The van der Waals surface area contributed by atoms with Gasteiger partial charge < -0.3 is 20.4 Å². The van der Waals surface area contributed by atoms with Gasteiger partial charge in [0.1, 0.15) is 0 Å². The molecule has 0 aromatic heterocycles. The number of hydrogen-bond donors (Lipinski definition) is 2. The zero-order chi connectivity index (χ0) is 21.8.